The topological polar surface area (TPSA) is 75.2 Å². The Kier molecular flexibility index (Phi) is 10.5. The standard InChI is InChI=1S/C19H30N4O3.HI/c1-14-8-15(10-17(9-14)25-4)11-20-19(22-13-18(24)23(2)3)21-12-16-6-5-7-26-16;/h8-10,16H,5-7,11-13H2,1-4H3,(H2,20,21,22);1H. The number of carbonyl (C=O) groups excluding carboxylic acids is 1. The van der Waals surface area contributed by atoms with Crippen molar-refractivity contribution in [1.82, 2.24) is 15.5 Å². The fourth-order valence-corrected chi connectivity index (χ4v) is 2.71. The molecule has 1 unspecified atom stereocenters. The van der Waals surface area contributed by atoms with Gasteiger partial charge in [0.05, 0.1) is 26.3 Å². The van der Waals surface area contributed by atoms with Gasteiger partial charge in [0.2, 0.25) is 5.91 Å². The summed E-state index contributed by atoms with van der Waals surface area (Å²) in [5, 5.41) is 6.38. The van der Waals surface area contributed by atoms with Gasteiger partial charge in [-0.15, -0.1) is 24.0 Å². The van der Waals surface area contributed by atoms with Gasteiger partial charge in [-0.25, -0.2) is 4.99 Å². The molecule has 7 nitrogen and oxygen atoms in total. The number of hydrogen-bond donors (Lipinski definition) is 2. The molecule has 1 aromatic carbocycles. The van der Waals surface area contributed by atoms with Crippen LogP contribution in [0.1, 0.15) is 24.0 Å². The minimum Gasteiger partial charge on any atom is -0.497 e. The van der Waals surface area contributed by atoms with E-state index >= 15 is 0 Å². The number of amides is 1. The lowest BCUT2D eigenvalue weighted by Gasteiger charge is -2.17. The molecule has 1 saturated heterocycles. The molecule has 0 radical (unpaired) electrons. The van der Waals surface area contributed by atoms with Crippen LogP contribution in [0.4, 0.5) is 0 Å². The van der Waals surface area contributed by atoms with Gasteiger partial charge in [0.25, 0.3) is 0 Å². The average Bonchev–Trinajstić information content (AvgIpc) is 3.13. The molecule has 1 heterocycles. The summed E-state index contributed by atoms with van der Waals surface area (Å²) in [7, 11) is 5.13. The molecule has 0 saturated carbocycles. The van der Waals surface area contributed by atoms with Gasteiger partial charge in [-0.3, -0.25) is 4.79 Å². The Labute approximate surface area is 178 Å². The Morgan fingerprint density at radius 3 is 2.74 bits per heavy atom. The molecule has 1 aromatic rings. The minimum atomic E-state index is -0.00570. The van der Waals surface area contributed by atoms with Crippen molar-refractivity contribution in [3.63, 3.8) is 0 Å². The van der Waals surface area contributed by atoms with Gasteiger partial charge in [0.1, 0.15) is 5.75 Å². The molecule has 2 N–H and O–H groups in total. The van der Waals surface area contributed by atoms with Gasteiger partial charge in [-0.05, 0) is 43.0 Å². The number of rotatable bonds is 7. The van der Waals surface area contributed by atoms with E-state index in [4.69, 9.17) is 9.47 Å². The number of guanidine groups is 1. The molecule has 2 rings (SSSR count). The number of methoxy groups -OCH3 is 1. The Hall–Kier alpha value is -1.55. The maximum atomic E-state index is 11.8. The summed E-state index contributed by atoms with van der Waals surface area (Å²) in [5.74, 6) is 1.42. The Morgan fingerprint density at radius 1 is 1.33 bits per heavy atom. The van der Waals surface area contributed by atoms with E-state index in [9.17, 15) is 4.79 Å². The molecular weight excluding hydrogens is 459 g/mol. The maximum Gasteiger partial charge on any atom is 0.241 e. The van der Waals surface area contributed by atoms with Gasteiger partial charge in [-0.1, -0.05) is 6.07 Å². The van der Waals surface area contributed by atoms with Gasteiger partial charge in [0, 0.05) is 27.2 Å². The van der Waals surface area contributed by atoms with E-state index in [0.29, 0.717) is 19.0 Å². The van der Waals surface area contributed by atoms with Crippen LogP contribution >= 0.6 is 24.0 Å². The highest BCUT2D eigenvalue weighted by atomic mass is 127. The van der Waals surface area contributed by atoms with Crippen molar-refractivity contribution in [1.29, 1.82) is 0 Å². The van der Waals surface area contributed by atoms with E-state index in [1.807, 2.05) is 19.1 Å². The van der Waals surface area contributed by atoms with Gasteiger partial charge >= 0.3 is 0 Å². The number of likely N-dealkylation sites (N-methyl/N-ethyl adjacent to an activating group) is 1. The Balaban J connectivity index is 0.00000364. The third kappa shape index (κ3) is 8.34. The number of aliphatic imine (C=N–C) groups is 1. The first-order valence-electron chi connectivity index (χ1n) is 8.96. The first-order valence-corrected chi connectivity index (χ1v) is 8.96. The summed E-state index contributed by atoms with van der Waals surface area (Å²) in [6.07, 6.45) is 2.34. The number of hydrogen-bond acceptors (Lipinski definition) is 4. The van der Waals surface area contributed by atoms with Crippen LogP contribution in [0.5, 0.6) is 5.75 Å². The number of nitrogens with zero attached hydrogens (tertiary/aromatic N) is 2. The molecule has 1 atom stereocenters. The second-order valence-electron chi connectivity index (χ2n) is 6.68. The Morgan fingerprint density at radius 2 is 2.11 bits per heavy atom. The van der Waals surface area contributed by atoms with Crippen molar-refractivity contribution < 1.29 is 14.3 Å². The molecule has 0 bridgehead atoms. The molecule has 1 fully saturated rings. The van der Waals surface area contributed by atoms with Crippen LogP contribution in [0.2, 0.25) is 0 Å². The van der Waals surface area contributed by atoms with E-state index in [-0.39, 0.29) is 42.5 Å². The van der Waals surface area contributed by atoms with Crippen molar-refractivity contribution in [2.24, 2.45) is 4.99 Å². The lowest BCUT2D eigenvalue weighted by molar-refractivity contribution is -0.127. The van der Waals surface area contributed by atoms with Crippen molar-refractivity contribution in [3.05, 3.63) is 29.3 Å². The minimum absolute atomic E-state index is 0. The van der Waals surface area contributed by atoms with E-state index < -0.39 is 0 Å². The van der Waals surface area contributed by atoms with Crippen molar-refractivity contribution in [3.8, 4) is 5.75 Å². The van der Waals surface area contributed by atoms with Crippen LogP contribution in [-0.4, -0.2) is 63.8 Å². The van der Waals surface area contributed by atoms with E-state index in [2.05, 4.69) is 21.7 Å². The molecular formula is C19H31IN4O3. The zero-order valence-electron chi connectivity index (χ0n) is 16.6. The number of aryl methyl sites for hydroxylation is 1. The molecule has 1 aliphatic heterocycles. The predicted molar refractivity (Wildman–Crippen MR) is 118 cm³/mol. The number of benzene rings is 1. The lowest BCUT2D eigenvalue weighted by atomic mass is 10.1. The van der Waals surface area contributed by atoms with Gasteiger partial charge in [0.15, 0.2) is 5.96 Å². The molecule has 0 aromatic heterocycles. The molecule has 27 heavy (non-hydrogen) atoms. The lowest BCUT2D eigenvalue weighted by Crippen LogP contribution is -2.45. The monoisotopic (exact) mass is 490 g/mol. The molecule has 8 heteroatoms. The molecule has 1 amide bonds. The van der Waals surface area contributed by atoms with E-state index in [1.165, 1.54) is 0 Å². The van der Waals surface area contributed by atoms with Crippen molar-refractivity contribution >= 4 is 35.8 Å². The molecule has 1 aliphatic rings. The molecule has 152 valence electrons. The number of ether oxygens (including phenoxy) is 2. The maximum absolute atomic E-state index is 11.8. The predicted octanol–water partition coefficient (Wildman–Crippen LogP) is 1.92. The van der Waals surface area contributed by atoms with Crippen molar-refractivity contribution in [2.75, 3.05) is 40.9 Å². The van der Waals surface area contributed by atoms with Crippen LogP contribution in [0.15, 0.2) is 23.2 Å². The summed E-state index contributed by atoms with van der Waals surface area (Å²) in [5.41, 5.74) is 2.18. The fourth-order valence-electron chi connectivity index (χ4n) is 2.71. The van der Waals surface area contributed by atoms with Gasteiger partial charge < -0.3 is 25.0 Å². The largest absolute Gasteiger partial charge is 0.497 e. The first-order chi connectivity index (χ1) is 12.5. The third-order valence-electron chi connectivity index (χ3n) is 4.19. The summed E-state index contributed by atoms with van der Waals surface area (Å²) in [6, 6.07) is 6.03. The second kappa shape index (κ2) is 12.0. The highest BCUT2D eigenvalue weighted by Crippen LogP contribution is 2.17. The van der Waals surface area contributed by atoms with Crippen LogP contribution in [0.3, 0.4) is 0 Å². The highest BCUT2D eigenvalue weighted by Gasteiger charge is 2.16. The molecule has 0 spiro atoms. The third-order valence-corrected chi connectivity index (χ3v) is 4.19. The zero-order valence-corrected chi connectivity index (χ0v) is 18.9. The zero-order chi connectivity index (χ0) is 18.9. The smallest absolute Gasteiger partial charge is 0.241 e. The Bertz CT molecular complexity index is 631. The second-order valence-corrected chi connectivity index (χ2v) is 6.68. The molecule has 0 aliphatic carbocycles. The first kappa shape index (κ1) is 23.5. The van der Waals surface area contributed by atoms with E-state index in [1.54, 1.807) is 26.1 Å². The quantitative estimate of drug-likeness (QED) is 0.347. The fraction of sp³-hybridized carbons (Fsp3) is 0.579. The van der Waals surface area contributed by atoms with E-state index in [0.717, 1.165) is 36.3 Å². The summed E-state index contributed by atoms with van der Waals surface area (Å²) >= 11 is 0. The van der Waals surface area contributed by atoms with Crippen LogP contribution in [-0.2, 0) is 16.1 Å². The van der Waals surface area contributed by atoms with Crippen LogP contribution in [0.25, 0.3) is 0 Å². The SMILES string of the molecule is COc1cc(C)cc(CN=C(NCC(=O)N(C)C)NCC2CCCO2)c1.I. The van der Waals surface area contributed by atoms with Crippen LogP contribution < -0.4 is 15.4 Å². The normalized spacial score (nSPS) is 16.4. The number of halogens is 1. The summed E-state index contributed by atoms with van der Waals surface area (Å²) in [6.45, 7) is 4.21. The summed E-state index contributed by atoms with van der Waals surface area (Å²) < 4.78 is 11.0. The average molecular weight is 490 g/mol. The van der Waals surface area contributed by atoms with Crippen LogP contribution in [0, 0.1) is 6.92 Å². The number of carbonyl (C=O) groups is 1. The van der Waals surface area contributed by atoms with Crippen molar-refractivity contribution in [2.45, 2.75) is 32.4 Å². The highest BCUT2D eigenvalue weighted by molar-refractivity contribution is 14.0. The summed E-state index contributed by atoms with van der Waals surface area (Å²) in [4.78, 5) is 18.0. The van der Waals surface area contributed by atoms with Gasteiger partial charge in [-0.2, -0.15) is 0 Å². The number of nitrogens with one attached hydrogen (secondary N) is 2.